The van der Waals surface area contributed by atoms with Crippen LogP contribution in [0.25, 0.3) is 0 Å². The minimum absolute atomic E-state index is 0.0577. The molecule has 0 saturated heterocycles. The molecule has 84 heavy (non-hydrogen) atoms. The molecule has 0 aromatic heterocycles. The van der Waals surface area contributed by atoms with Crippen LogP contribution in [0.1, 0.15) is 56.7 Å². The molecular weight excluding hydrogens is 1100 g/mol. The second-order valence-electron chi connectivity index (χ2n) is 20.5. The summed E-state index contributed by atoms with van der Waals surface area (Å²) in [6, 6.07) is 11.0. The number of aliphatic hydroxyl groups excluding tert-OH is 3. The molecule has 474 valence electrons. The number of nitrogens with zero attached hydrogens (tertiary/aromatic N) is 1. The highest BCUT2D eigenvalue weighted by atomic mass is 16.6. The first kappa shape index (κ1) is 71.3. The number of hydrogen-bond acceptors (Lipinski definition) is 22. The normalized spacial score (nSPS) is 18.3. The molecule has 2 aromatic rings. The van der Waals surface area contributed by atoms with Gasteiger partial charge in [0, 0.05) is 44.2 Å². The van der Waals surface area contributed by atoms with Gasteiger partial charge in [-0.2, -0.15) is 0 Å². The Morgan fingerprint density at radius 1 is 0.595 bits per heavy atom. The fourth-order valence-corrected chi connectivity index (χ4v) is 8.25. The predicted molar refractivity (Wildman–Crippen MR) is 300 cm³/mol. The average Bonchev–Trinajstić information content (AvgIpc) is 3.95. The molecule has 1 heterocycles. The number of carboxylic acids is 1. The van der Waals surface area contributed by atoms with Gasteiger partial charge in [-0.3, -0.25) is 28.9 Å². The first-order valence-corrected chi connectivity index (χ1v) is 28.6. The van der Waals surface area contributed by atoms with Crippen LogP contribution in [0.15, 0.2) is 54.6 Å². The van der Waals surface area contributed by atoms with Crippen molar-refractivity contribution in [2.45, 2.75) is 89.9 Å². The summed E-state index contributed by atoms with van der Waals surface area (Å²) in [5.74, 6) is -4.15. The highest BCUT2D eigenvalue weighted by Crippen LogP contribution is 2.32. The number of methoxy groups -OCH3 is 1. The van der Waals surface area contributed by atoms with Crippen molar-refractivity contribution < 1.29 is 111 Å². The van der Waals surface area contributed by atoms with Crippen LogP contribution in [-0.4, -0.2) is 244 Å². The summed E-state index contributed by atoms with van der Waals surface area (Å²) in [7, 11) is 1.63. The van der Waals surface area contributed by atoms with Crippen molar-refractivity contribution in [1.82, 2.24) is 10.2 Å². The summed E-state index contributed by atoms with van der Waals surface area (Å²) in [4.78, 5) is 64.6. The summed E-state index contributed by atoms with van der Waals surface area (Å²) in [5.41, 5.74) is 1.11. The molecule has 0 unspecified atom stereocenters. The minimum atomic E-state index is -1.77. The van der Waals surface area contributed by atoms with Crippen LogP contribution >= 0.6 is 0 Å². The maximum Gasteiger partial charge on any atom is 0.311 e. The largest absolute Gasteiger partial charge is 0.491 e. The summed E-state index contributed by atoms with van der Waals surface area (Å²) in [5, 5.41) is 44.0. The molecule has 0 bridgehead atoms. The van der Waals surface area contributed by atoms with E-state index in [9.17, 15) is 44.4 Å². The lowest BCUT2D eigenvalue weighted by Gasteiger charge is -2.38. The number of imide groups is 1. The fraction of sp³-hybridized carbons (Fsp3) is 0.678. The molecular formula is C59H90N2O23. The van der Waals surface area contributed by atoms with E-state index in [2.05, 4.69) is 5.32 Å². The SMILES string of the molecule is COCCOCCOCCOCCOCCOCCOCCOCCOCCOCCOCCOc1ccc(C[C@@H](C(=O)NCCCCc2ccc(COC(=O)C(C)(C)C)c(O[C@@H]3C[C@H](C(=O)O)[C@@H](O)[C@H](O)[C@H]3O)c2)N2C(=O)C=CC2=O)cc1. The lowest BCUT2D eigenvalue weighted by atomic mass is 9.80. The van der Waals surface area contributed by atoms with Gasteiger partial charge in [0.2, 0.25) is 5.91 Å². The number of nitrogens with one attached hydrogen (secondary N) is 1. The number of benzene rings is 2. The zero-order chi connectivity index (χ0) is 60.8. The number of rotatable bonds is 48. The van der Waals surface area contributed by atoms with E-state index in [0.717, 1.165) is 22.6 Å². The Bertz CT molecular complexity index is 2190. The van der Waals surface area contributed by atoms with Gasteiger partial charge in [-0.1, -0.05) is 24.3 Å². The van der Waals surface area contributed by atoms with Crippen molar-refractivity contribution in [2.75, 3.05) is 159 Å². The highest BCUT2D eigenvalue weighted by molar-refractivity contribution is 6.15. The average molecular weight is 1200 g/mol. The molecule has 0 spiro atoms. The third-order valence-electron chi connectivity index (χ3n) is 13.0. The molecule has 25 heteroatoms. The first-order chi connectivity index (χ1) is 40.6. The monoisotopic (exact) mass is 1190 g/mol. The van der Waals surface area contributed by atoms with Crippen LogP contribution in [0.3, 0.4) is 0 Å². The van der Waals surface area contributed by atoms with E-state index in [4.69, 9.17) is 66.3 Å². The van der Waals surface area contributed by atoms with Gasteiger partial charge < -0.3 is 92.1 Å². The Morgan fingerprint density at radius 3 is 1.50 bits per heavy atom. The molecule has 4 rings (SSSR count). The van der Waals surface area contributed by atoms with Crippen LogP contribution < -0.4 is 14.8 Å². The summed E-state index contributed by atoms with van der Waals surface area (Å²) in [6.45, 7) is 15.1. The van der Waals surface area contributed by atoms with E-state index in [0.29, 0.717) is 175 Å². The maximum absolute atomic E-state index is 13.7. The van der Waals surface area contributed by atoms with Gasteiger partial charge in [0.25, 0.3) is 11.8 Å². The van der Waals surface area contributed by atoms with Gasteiger partial charge in [0.1, 0.15) is 49.1 Å². The van der Waals surface area contributed by atoms with Gasteiger partial charge >= 0.3 is 11.9 Å². The Hall–Kier alpha value is -5.23. The van der Waals surface area contributed by atoms with Crippen molar-refractivity contribution in [3.8, 4) is 11.5 Å². The van der Waals surface area contributed by atoms with Gasteiger partial charge in [-0.25, -0.2) is 0 Å². The Labute approximate surface area is 492 Å². The molecule has 1 fully saturated rings. The second-order valence-corrected chi connectivity index (χ2v) is 20.5. The number of ether oxygens (including phenoxy) is 14. The van der Waals surface area contributed by atoms with E-state index in [1.807, 2.05) is 0 Å². The molecule has 25 nitrogen and oxygen atoms in total. The number of aliphatic hydroxyl groups is 3. The maximum atomic E-state index is 13.7. The van der Waals surface area contributed by atoms with Gasteiger partial charge in [0.05, 0.1) is 156 Å². The molecule has 6 atom stereocenters. The zero-order valence-electron chi connectivity index (χ0n) is 49.2. The highest BCUT2D eigenvalue weighted by Gasteiger charge is 2.47. The second kappa shape index (κ2) is 41.8. The predicted octanol–water partition coefficient (Wildman–Crippen LogP) is 1.88. The van der Waals surface area contributed by atoms with Crippen LogP contribution in [0.2, 0.25) is 0 Å². The van der Waals surface area contributed by atoms with E-state index in [-0.39, 0.29) is 38.3 Å². The van der Waals surface area contributed by atoms with Crippen LogP contribution in [-0.2, 0) is 100 Å². The number of amides is 3. The number of esters is 1. The Kier molecular flexibility index (Phi) is 35.4. The molecule has 3 amide bonds. The molecule has 0 radical (unpaired) electrons. The van der Waals surface area contributed by atoms with E-state index >= 15 is 0 Å². The van der Waals surface area contributed by atoms with Crippen molar-refractivity contribution >= 4 is 29.7 Å². The number of hydrogen-bond donors (Lipinski definition) is 5. The van der Waals surface area contributed by atoms with Crippen molar-refractivity contribution in [2.24, 2.45) is 11.3 Å². The molecule has 1 aliphatic carbocycles. The number of carboxylic acid groups (broad SMARTS) is 1. The van der Waals surface area contributed by atoms with Gasteiger partial charge in [-0.15, -0.1) is 0 Å². The van der Waals surface area contributed by atoms with Crippen LogP contribution in [0, 0.1) is 11.3 Å². The number of aryl methyl sites for hydroxylation is 1. The topological polar surface area (TPSA) is 311 Å². The lowest BCUT2D eigenvalue weighted by molar-refractivity contribution is -0.175. The van der Waals surface area contributed by atoms with Crippen molar-refractivity contribution in [3.63, 3.8) is 0 Å². The van der Waals surface area contributed by atoms with E-state index < -0.39 is 71.5 Å². The van der Waals surface area contributed by atoms with Crippen LogP contribution in [0.5, 0.6) is 11.5 Å². The molecule has 2 aromatic carbocycles. The van der Waals surface area contributed by atoms with E-state index in [1.165, 1.54) is 0 Å². The number of carbonyl (C=O) groups is 5. The molecule has 5 N–H and O–H groups in total. The Balaban J connectivity index is 1.03. The number of aliphatic carboxylic acids is 1. The van der Waals surface area contributed by atoms with Crippen LogP contribution in [0.4, 0.5) is 0 Å². The standard InChI is InChI=1S/C59H90N2O23/c1-59(2,3)58(70)83-42-45-11-8-43(40-49(45)84-50-41-47(57(68)69)53(64)55(66)54(50)65)7-5-6-16-60-56(67)48(61-51(62)14-15-52(61)63)39-44-9-12-46(13-10-44)82-38-37-81-36-35-80-34-33-79-32-31-78-30-29-77-28-27-76-26-25-75-24-23-74-22-21-73-20-19-72-18-17-71-4/h8-15,40,47-48,50,53-55,64-66H,5-7,16-39,41-42H2,1-4H3,(H,60,67)(H,68,69)/t47-,48-,50+,53+,54-,55-/m0/s1. The fourth-order valence-electron chi connectivity index (χ4n) is 8.25. The van der Waals surface area contributed by atoms with Gasteiger partial charge in [0.15, 0.2) is 0 Å². The summed E-state index contributed by atoms with van der Waals surface area (Å²) in [6.07, 6.45) is -2.70. The van der Waals surface area contributed by atoms with Crippen molar-refractivity contribution in [1.29, 1.82) is 0 Å². The third kappa shape index (κ3) is 28.3. The summed E-state index contributed by atoms with van der Waals surface area (Å²) >= 11 is 0. The first-order valence-electron chi connectivity index (χ1n) is 28.6. The smallest absolute Gasteiger partial charge is 0.311 e. The summed E-state index contributed by atoms with van der Waals surface area (Å²) < 4.78 is 77.3. The molecule has 1 aliphatic heterocycles. The molecule has 2 aliphatic rings. The van der Waals surface area contributed by atoms with Gasteiger partial charge in [-0.05, 0) is 69.4 Å². The number of unbranched alkanes of at least 4 members (excludes halogenated alkanes) is 1. The third-order valence-corrected chi connectivity index (χ3v) is 13.0. The number of carbonyl (C=O) groups excluding carboxylic acids is 4. The Morgan fingerprint density at radius 2 is 1.05 bits per heavy atom. The van der Waals surface area contributed by atoms with E-state index in [1.54, 1.807) is 70.3 Å². The van der Waals surface area contributed by atoms with Crippen molar-refractivity contribution in [3.05, 3.63) is 71.3 Å². The lowest BCUT2D eigenvalue weighted by Crippen LogP contribution is -2.57. The minimum Gasteiger partial charge on any atom is -0.491 e. The molecule has 1 saturated carbocycles. The quantitative estimate of drug-likeness (QED) is 0.0359. The zero-order valence-corrected chi connectivity index (χ0v) is 49.2.